The van der Waals surface area contributed by atoms with E-state index in [9.17, 15) is 0 Å². The minimum absolute atomic E-state index is 0.226. The first-order chi connectivity index (χ1) is 9.22. The van der Waals surface area contributed by atoms with E-state index in [0.29, 0.717) is 23.7 Å². The molecule has 1 aromatic carbocycles. The summed E-state index contributed by atoms with van der Waals surface area (Å²) >= 11 is 0. The quantitative estimate of drug-likeness (QED) is 0.890. The Kier molecular flexibility index (Phi) is 3.91. The summed E-state index contributed by atoms with van der Waals surface area (Å²) in [6, 6.07) is 3.72. The largest absolute Gasteiger partial charge is 0.493 e. The Labute approximate surface area is 111 Å². The molecule has 0 aliphatic carbocycles. The molecule has 0 bridgehead atoms. The van der Waals surface area contributed by atoms with Gasteiger partial charge in [0.1, 0.15) is 0 Å². The zero-order valence-electron chi connectivity index (χ0n) is 11.1. The first-order valence-corrected chi connectivity index (χ1v) is 5.66. The number of benzene rings is 1. The lowest BCUT2D eigenvalue weighted by Crippen LogP contribution is -1.99. The molecule has 0 aliphatic heterocycles. The molecule has 0 saturated heterocycles. The summed E-state index contributed by atoms with van der Waals surface area (Å²) in [5, 5.41) is 3.69. The van der Waals surface area contributed by atoms with Crippen LogP contribution in [0.2, 0.25) is 0 Å². The van der Waals surface area contributed by atoms with Crippen LogP contribution >= 0.6 is 0 Å². The molecule has 6 heteroatoms. The molecule has 0 radical (unpaired) electrons. The fourth-order valence-corrected chi connectivity index (χ4v) is 1.98. The van der Waals surface area contributed by atoms with Crippen molar-refractivity contribution < 1.29 is 18.7 Å². The zero-order valence-corrected chi connectivity index (χ0v) is 11.1. The van der Waals surface area contributed by atoms with E-state index >= 15 is 0 Å². The Bertz CT molecular complexity index is 566. The number of methoxy groups -OCH3 is 3. The second-order valence-corrected chi connectivity index (χ2v) is 3.87. The van der Waals surface area contributed by atoms with E-state index in [-0.39, 0.29) is 5.88 Å². The van der Waals surface area contributed by atoms with E-state index in [1.807, 2.05) is 12.1 Å². The topological polar surface area (TPSA) is 79.7 Å². The molecular weight excluding hydrogens is 248 g/mol. The lowest BCUT2D eigenvalue weighted by atomic mass is 10.0. The maximum absolute atomic E-state index is 5.79. The number of rotatable bonds is 5. The summed E-state index contributed by atoms with van der Waals surface area (Å²) in [7, 11) is 4.77. The maximum atomic E-state index is 5.79. The number of aromatic nitrogens is 1. The molecule has 102 valence electrons. The van der Waals surface area contributed by atoms with Gasteiger partial charge in [-0.1, -0.05) is 11.2 Å². The molecule has 0 saturated carbocycles. The minimum atomic E-state index is 0.226. The molecule has 0 fully saturated rings. The highest BCUT2D eigenvalue weighted by atomic mass is 16.5. The lowest BCUT2D eigenvalue weighted by molar-refractivity contribution is 0.185. The average Bonchev–Trinajstić information content (AvgIpc) is 2.84. The normalized spacial score (nSPS) is 10.5. The van der Waals surface area contributed by atoms with Crippen LogP contribution in [0.4, 0.5) is 5.88 Å². The van der Waals surface area contributed by atoms with Gasteiger partial charge in [0, 0.05) is 12.7 Å². The van der Waals surface area contributed by atoms with E-state index in [0.717, 1.165) is 11.1 Å². The molecule has 1 heterocycles. The van der Waals surface area contributed by atoms with Crippen molar-refractivity contribution in [1.82, 2.24) is 5.16 Å². The van der Waals surface area contributed by atoms with Crippen molar-refractivity contribution >= 4 is 5.88 Å². The van der Waals surface area contributed by atoms with Crippen LogP contribution in [0.3, 0.4) is 0 Å². The number of nitrogen functional groups attached to an aromatic ring is 1. The Morgan fingerprint density at radius 2 is 2.00 bits per heavy atom. The number of ether oxygens (including phenoxy) is 3. The zero-order chi connectivity index (χ0) is 13.8. The summed E-state index contributed by atoms with van der Waals surface area (Å²) in [5.74, 6) is 1.41. The van der Waals surface area contributed by atoms with Crippen molar-refractivity contribution in [2.75, 3.05) is 27.1 Å². The number of nitrogens with two attached hydrogens (primary N) is 1. The van der Waals surface area contributed by atoms with Gasteiger partial charge < -0.3 is 24.5 Å². The first-order valence-electron chi connectivity index (χ1n) is 5.66. The molecule has 0 unspecified atom stereocenters. The summed E-state index contributed by atoms with van der Waals surface area (Å²) in [6.07, 6.45) is 1.55. The van der Waals surface area contributed by atoms with Crippen LogP contribution in [0.5, 0.6) is 11.5 Å². The van der Waals surface area contributed by atoms with Crippen LogP contribution in [0.15, 0.2) is 22.9 Å². The van der Waals surface area contributed by atoms with E-state index < -0.39 is 0 Å². The van der Waals surface area contributed by atoms with Crippen molar-refractivity contribution in [2.45, 2.75) is 6.61 Å². The van der Waals surface area contributed by atoms with Crippen LogP contribution in [0.1, 0.15) is 5.56 Å². The van der Waals surface area contributed by atoms with Gasteiger partial charge in [0.25, 0.3) is 0 Å². The number of nitrogens with zero attached hydrogens (tertiary/aromatic N) is 1. The monoisotopic (exact) mass is 264 g/mol. The van der Waals surface area contributed by atoms with E-state index in [2.05, 4.69) is 5.16 Å². The number of anilines is 1. The minimum Gasteiger partial charge on any atom is -0.493 e. The molecule has 19 heavy (non-hydrogen) atoms. The van der Waals surface area contributed by atoms with Gasteiger partial charge >= 0.3 is 0 Å². The lowest BCUT2D eigenvalue weighted by Gasteiger charge is -2.15. The molecule has 2 aromatic rings. The van der Waals surface area contributed by atoms with Gasteiger partial charge in [-0.15, -0.1) is 0 Å². The van der Waals surface area contributed by atoms with Crippen LogP contribution in [0.25, 0.3) is 11.1 Å². The van der Waals surface area contributed by atoms with Crippen molar-refractivity contribution in [3.63, 3.8) is 0 Å². The number of hydrogen-bond acceptors (Lipinski definition) is 6. The first kappa shape index (κ1) is 13.2. The predicted octanol–water partition coefficient (Wildman–Crippen LogP) is 2.09. The SMILES string of the molecule is COCc1ccc(OC)c(OC)c1-c1cnoc1N. The number of hydrogen-bond donors (Lipinski definition) is 1. The van der Waals surface area contributed by atoms with Crippen LogP contribution in [0, 0.1) is 0 Å². The van der Waals surface area contributed by atoms with Gasteiger partial charge in [0.05, 0.1) is 32.6 Å². The highest BCUT2D eigenvalue weighted by Gasteiger charge is 2.20. The van der Waals surface area contributed by atoms with E-state index in [4.69, 9.17) is 24.5 Å². The van der Waals surface area contributed by atoms with Gasteiger partial charge in [-0.05, 0) is 11.6 Å². The van der Waals surface area contributed by atoms with Gasteiger partial charge in [-0.3, -0.25) is 0 Å². The Balaban J connectivity index is 2.69. The van der Waals surface area contributed by atoms with Crippen LogP contribution in [-0.2, 0) is 11.3 Å². The third-order valence-electron chi connectivity index (χ3n) is 2.80. The van der Waals surface area contributed by atoms with Gasteiger partial charge in [-0.25, -0.2) is 0 Å². The predicted molar refractivity (Wildman–Crippen MR) is 70.2 cm³/mol. The molecule has 0 atom stereocenters. The standard InChI is InChI=1S/C13H16N2O4/c1-16-7-8-4-5-10(17-2)12(18-3)11(8)9-6-15-19-13(9)14/h4-6H,7,14H2,1-3H3. The Morgan fingerprint density at radius 1 is 1.21 bits per heavy atom. The van der Waals surface area contributed by atoms with E-state index in [1.165, 1.54) is 0 Å². The van der Waals surface area contributed by atoms with Gasteiger partial charge in [0.15, 0.2) is 11.5 Å². The fourth-order valence-electron chi connectivity index (χ4n) is 1.98. The summed E-state index contributed by atoms with van der Waals surface area (Å²) in [5.41, 5.74) is 8.12. The molecule has 6 nitrogen and oxygen atoms in total. The Morgan fingerprint density at radius 3 is 2.53 bits per heavy atom. The van der Waals surface area contributed by atoms with Crippen molar-refractivity contribution in [1.29, 1.82) is 0 Å². The van der Waals surface area contributed by atoms with Crippen LogP contribution < -0.4 is 15.2 Å². The summed E-state index contributed by atoms with van der Waals surface area (Å²) < 4.78 is 20.8. The molecule has 2 N–H and O–H groups in total. The highest BCUT2D eigenvalue weighted by Crippen LogP contribution is 2.42. The van der Waals surface area contributed by atoms with Crippen LogP contribution in [-0.4, -0.2) is 26.5 Å². The molecule has 0 amide bonds. The third-order valence-corrected chi connectivity index (χ3v) is 2.80. The van der Waals surface area contributed by atoms with Gasteiger partial charge in [-0.2, -0.15) is 0 Å². The Hall–Kier alpha value is -2.21. The third kappa shape index (κ3) is 2.34. The highest BCUT2D eigenvalue weighted by molar-refractivity contribution is 5.82. The second kappa shape index (κ2) is 5.62. The molecule has 0 aliphatic rings. The smallest absolute Gasteiger partial charge is 0.230 e. The maximum Gasteiger partial charge on any atom is 0.230 e. The van der Waals surface area contributed by atoms with Crippen molar-refractivity contribution in [2.24, 2.45) is 0 Å². The van der Waals surface area contributed by atoms with Crippen molar-refractivity contribution in [3.05, 3.63) is 23.9 Å². The summed E-state index contributed by atoms with van der Waals surface area (Å²) in [4.78, 5) is 0. The molecular formula is C13H16N2O4. The summed E-state index contributed by atoms with van der Waals surface area (Å²) in [6.45, 7) is 0.417. The second-order valence-electron chi connectivity index (χ2n) is 3.87. The van der Waals surface area contributed by atoms with Crippen molar-refractivity contribution in [3.8, 4) is 22.6 Å². The molecule has 2 rings (SSSR count). The fraction of sp³-hybridized carbons (Fsp3) is 0.308. The molecule has 0 spiro atoms. The average molecular weight is 264 g/mol. The van der Waals surface area contributed by atoms with E-state index in [1.54, 1.807) is 27.5 Å². The molecule has 1 aromatic heterocycles. The van der Waals surface area contributed by atoms with Gasteiger partial charge in [0.2, 0.25) is 5.88 Å².